The Balaban J connectivity index is 1.72. The number of nitrogens with one attached hydrogen (secondary N) is 1. The van der Waals surface area contributed by atoms with E-state index >= 15 is 0 Å². The Morgan fingerprint density at radius 1 is 1.39 bits per heavy atom. The number of ether oxygens (including phenoxy) is 1. The van der Waals surface area contributed by atoms with Crippen molar-refractivity contribution in [2.24, 2.45) is 0 Å². The van der Waals surface area contributed by atoms with Crippen LogP contribution in [-0.2, 0) is 4.74 Å². The molecule has 2 nitrogen and oxygen atoms in total. The highest BCUT2D eigenvalue weighted by atomic mass is 35.5. The lowest BCUT2D eigenvalue weighted by molar-refractivity contribution is -0.130. The van der Waals surface area contributed by atoms with Gasteiger partial charge in [0.1, 0.15) is 5.82 Å². The molecule has 1 aliphatic heterocycles. The summed E-state index contributed by atoms with van der Waals surface area (Å²) < 4.78 is 19.6. The second-order valence-electron chi connectivity index (χ2n) is 5.32. The van der Waals surface area contributed by atoms with Crippen molar-refractivity contribution in [1.82, 2.24) is 0 Å². The number of rotatable bonds is 2. The van der Waals surface area contributed by atoms with E-state index in [1.54, 1.807) is 12.1 Å². The second-order valence-corrected chi connectivity index (χ2v) is 5.72. The molecule has 1 N–H and O–H groups in total. The van der Waals surface area contributed by atoms with Gasteiger partial charge in [0.15, 0.2) is 0 Å². The third-order valence-corrected chi connectivity index (χ3v) is 4.38. The van der Waals surface area contributed by atoms with Gasteiger partial charge in [-0.1, -0.05) is 17.7 Å². The van der Waals surface area contributed by atoms with Gasteiger partial charge in [0.05, 0.1) is 16.3 Å². The molecule has 2 fully saturated rings. The first-order valence-electron chi connectivity index (χ1n) is 6.53. The lowest BCUT2D eigenvalue weighted by Crippen LogP contribution is -2.49. The van der Waals surface area contributed by atoms with Crippen LogP contribution >= 0.6 is 11.6 Å². The van der Waals surface area contributed by atoms with Crippen LogP contribution in [-0.4, -0.2) is 18.2 Å². The molecule has 0 bridgehead atoms. The van der Waals surface area contributed by atoms with Gasteiger partial charge in [0.25, 0.3) is 0 Å². The fraction of sp³-hybridized carbons (Fsp3) is 0.571. The minimum Gasteiger partial charge on any atom is -0.379 e. The van der Waals surface area contributed by atoms with E-state index in [1.165, 1.54) is 12.5 Å². The Kier molecular flexibility index (Phi) is 3.20. The average molecular weight is 270 g/mol. The smallest absolute Gasteiger partial charge is 0.147 e. The Labute approximate surface area is 111 Å². The Morgan fingerprint density at radius 3 is 2.89 bits per heavy atom. The first-order chi connectivity index (χ1) is 8.69. The average Bonchev–Trinajstić information content (AvgIpc) is 2.33. The van der Waals surface area contributed by atoms with Crippen LogP contribution in [0, 0.1) is 5.82 Å². The summed E-state index contributed by atoms with van der Waals surface area (Å²) in [6.45, 7) is 0.754. The van der Waals surface area contributed by atoms with Crippen LogP contribution in [0.15, 0.2) is 18.2 Å². The monoisotopic (exact) mass is 269 g/mol. The highest BCUT2D eigenvalue weighted by Crippen LogP contribution is 2.43. The molecule has 0 radical (unpaired) electrons. The number of hydrogen-bond donors (Lipinski definition) is 1. The molecule has 1 atom stereocenters. The van der Waals surface area contributed by atoms with Crippen molar-refractivity contribution in [1.29, 1.82) is 0 Å². The van der Waals surface area contributed by atoms with E-state index < -0.39 is 0 Å². The van der Waals surface area contributed by atoms with Gasteiger partial charge in [0.2, 0.25) is 0 Å². The highest BCUT2D eigenvalue weighted by Gasteiger charge is 2.42. The molecule has 0 aromatic heterocycles. The molecular formula is C14H17ClFNO. The van der Waals surface area contributed by atoms with E-state index in [0.717, 1.165) is 32.3 Å². The number of para-hydroxylation sites is 1. The molecule has 1 saturated carbocycles. The van der Waals surface area contributed by atoms with E-state index in [2.05, 4.69) is 5.32 Å². The van der Waals surface area contributed by atoms with E-state index in [0.29, 0.717) is 10.7 Å². The number of halogens is 2. The first-order valence-corrected chi connectivity index (χ1v) is 6.91. The molecule has 1 aromatic rings. The number of anilines is 1. The van der Waals surface area contributed by atoms with Crippen molar-refractivity contribution in [2.75, 3.05) is 11.9 Å². The SMILES string of the molecule is Fc1cccc(Cl)c1NC1CCOC2(CCC2)C1. The molecule has 0 amide bonds. The van der Waals surface area contributed by atoms with Gasteiger partial charge in [0, 0.05) is 12.6 Å². The summed E-state index contributed by atoms with van der Waals surface area (Å²) in [6, 6.07) is 5.03. The molecule has 2 aliphatic rings. The van der Waals surface area contributed by atoms with Gasteiger partial charge in [-0.3, -0.25) is 0 Å². The second kappa shape index (κ2) is 4.71. The van der Waals surface area contributed by atoms with Crippen LogP contribution in [0.3, 0.4) is 0 Å². The van der Waals surface area contributed by atoms with Gasteiger partial charge in [-0.15, -0.1) is 0 Å². The zero-order chi connectivity index (χ0) is 12.6. The topological polar surface area (TPSA) is 21.3 Å². The third kappa shape index (κ3) is 2.21. The predicted molar refractivity (Wildman–Crippen MR) is 70.6 cm³/mol. The molecule has 1 saturated heterocycles. The molecule has 18 heavy (non-hydrogen) atoms. The van der Waals surface area contributed by atoms with Gasteiger partial charge < -0.3 is 10.1 Å². The third-order valence-electron chi connectivity index (χ3n) is 4.07. The number of hydrogen-bond acceptors (Lipinski definition) is 2. The summed E-state index contributed by atoms with van der Waals surface area (Å²) in [4.78, 5) is 0. The Morgan fingerprint density at radius 2 is 2.22 bits per heavy atom. The van der Waals surface area contributed by atoms with E-state index in [4.69, 9.17) is 16.3 Å². The number of benzene rings is 1. The van der Waals surface area contributed by atoms with Gasteiger partial charge in [-0.05, 0) is 44.2 Å². The fourth-order valence-corrected chi connectivity index (χ4v) is 3.13. The zero-order valence-electron chi connectivity index (χ0n) is 10.2. The summed E-state index contributed by atoms with van der Waals surface area (Å²) >= 11 is 6.03. The molecule has 1 heterocycles. The van der Waals surface area contributed by atoms with Crippen LogP contribution in [0.1, 0.15) is 32.1 Å². The standard InChI is InChI=1S/C14H17ClFNO/c15-11-3-1-4-12(16)13(11)17-10-5-8-18-14(9-10)6-2-7-14/h1,3-4,10,17H,2,5-9H2. The largest absolute Gasteiger partial charge is 0.379 e. The van der Waals surface area contributed by atoms with Crippen molar-refractivity contribution in [3.05, 3.63) is 29.0 Å². The maximum atomic E-state index is 13.7. The normalized spacial score (nSPS) is 25.8. The van der Waals surface area contributed by atoms with Crippen molar-refractivity contribution in [2.45, 2.75) is 43.7 Å². The van der Waals surface area contributed by atoms with Crippen molar-refractivity contribution >= 4 is 17.3 Å². The molecule has 98 valence electrons. The lowest BCUT2D eigenvalue weighted by Gasteiger charge is -2.47. The van der Waals surface area contributed by atoms with E-state index in [9.17, 15) is 4.39 Å². The van der Waals surface area contributed by atoms with Crippen molar-refractivity contribution in [3.63, 3.8) is 0 Å². The molecule has 1 aliphatic carbocycles. The maximum Gasteiger partial charge on any atom is 0.147 e. The molecule has 3 rings (SSSR count). The van der Waals surface area contributed by atoms with Crippen LogP contribution < -0.4 is 5.32 Å². The van der Waals surface area contributed by atoms with Crippen LogP contribution in [0.5, 0.6) is 0 Å². The van der Waals surface area contributed by atoms with Crippen LogP contribution in [0.2, 0.25) is 5.02 Å². The minimum absolute atomic E-state index is 0.0631. The van der Waals surface area contributed by atoms with E-state index in [-0.39, 0.29) is 17.5 Å². The van der Waals surface area contributed by atoms with Gasteiger partial charge in [-0.2, -0.15) is 0 Å². The Bertz CT molecular complexity index is 427. The first kappa shape index (κ1) is 12.2. The molecule has 1 spiro atoms. The Hall–Kier alpha value is -0.800. The van der Waals surface area contributed by atoms with Gasteiger partial charge in [-0.25, -0.2) is 4.39 Å². The molecule has 1 aromatic carbocycles. The summed E-state index contributed by atoms with van der Waals surface area (Å²) in [6.07, 6.45) is 5.38. The molecule has 1 unspecified atom stereocenters. The molecular weight excluding hydrogens is 253 g/mol. The maximum absolute atomic E-state index is 13.7. The van der Waals surface area contributed by atoms with Crippen LogP contribution in [0.4, 0.5) is 10.1 Å². The summed E-state index contributed by atoms with van der Waals surface area (Å²) in [5, 5.41) is 3.70. The summed E-state index contributed by atoms with van der Waals surface area (Å²) in [7, 11) is 0. The van der Waals surface area contributed by atoms with Crippen molar-refractivity contribution < 1.29 is 9.13 Å². The summed E-state index contributed by atoms with van der Waals surface area (Å²) in [5.74, 6) is -0.281. The quantitative estimate of drug-likeness (QED) is 0.876. The summed E-state index contributed by atoms with van der Waals surface area (Å²) in [5.41, 5.74) is 0.494. The van der Waals surface area contributed by atoms with Crippen molar-refractivity contribution in [3.8, 4) is 0 Å². The molecule has 4 heteroatoms. The minimum atomic E-state index is -0.281. The predicted octanol–water partition coefficient (Wildman–Crippen LogP) is 3.99. The lowest BCUT2D eigenvalue weighted by atomic mass is 9.74. The zero-order valence-corrected chi connectivity index (χ0v) is 11.0. The van der Waals surface area contributed by atoms with E-state index in [1.807, 2.05) is 0 Å². The fourth-order valence-electron chi connectivity index (χ4n) is 2.91. The van der Waals surface area contributed by atoms with Gasteiger partial charge >= 0.3 is 0 Å². The highest BCUT2D eigenvalue weighted by molar-refractivity contribution is 6.33. The van der Waals surface area contributed by atoms with Crippen LogP contribution in [0.25, 0.3) is 0 Å².